The zero-order valence-electron chi connectivity index (χ0n) is 9.75. The molecule has 0 saturated heterocycles. The highest BCUT2D eigenvalue weighted by atomic mass is 14.7. The number of hydrogen-bond donors (Lipinski definition) is 0. The number of fused-ring (bicyclic) bond motifs is 1. The second-order valence-electron chi connectivity index (χ2n) is 5.77. The van der Waals surface area contributed by atoms with Gasteiger partial charge in [-0.05, 0) is 41.4 Å². The van der Waals surface area contributed by atoms with Gasteiger partial charge < -0.3 is 0 Å². The van der Waals surface area contributed by atoms with Crippen LogP contribution in [0.2, 0.25) is 0 Å². The minimum Gasteiger partial charge on any atom is -0.0651 e. The van der Waals surface area contributed by atoms with Gasteiger partial charge in [-0.2, -0.15) is 0 Å². The molecule has 0 aliphatic heterocycles. The summed E-state index contributed by atoms with van der Waals surface area (Å²) in [6.07, 6.45) is 1.43. The second kappa shape index (κ2) is 3.00. The zero-order chi connectivity index (χ0) is 9.75. The summed E-state index contributed by atoms with van der Waals surface area (Å²) in [5.41, 5.74) is 0. The lowest BCUT2D eigenvalue weighted by atomic mass is 9.66. The van der Waals surface area contributed by atoms with E-state index in [4.69, 9.17) is 0 Å². The van der Waals surface area contributed by atoms with Crippen LogP contribution in [0.1, 0.15) is 41.0 Å². The van der Waals surface area contributed by atoms with Crippen molar-refractivity contribution in [2.75, 3.05) is 0 Å². The van der Waals surface area contributed by atoms with Crippen LogP contribution in [0.5, 0.6) is 0 Å². The molecule has 2 saturated carbocycles. The van der Waals surface area contributed by atoms with E-state index in [0.29, 0.717) is 0 Å². The lowest BCUT2D eigenvalue weighted by Gasteiger charge is -2.39. The minimum atomic E-state index is 0.881. The monoisotopic (exact) mass is 180 g/mol. The molecular formula is C13H24. The van der Waals surface area contributed by atoms with Crippen LogP contribution in [0, 0.1) is 41.4 Å². The Morgan fingerprint density at radius 1 is 1.08 bits per heavy atom. The summed E-state index contributed by atoms with van der Waals surface area (Å²) in [5, 5.41) is 0. The summed E-state index contributed by atoms with van der Waals surface area (Å²) < 4.78 is 0. The standard InChI is InChI=1S/C13H24/c1-6-10-12-9(5)11(13(10)12)8(4)7(2)3/h7-13H,6H2,1-5H3. The smallest absolute Gasteiger partial charge is 0.0316 e. The molecule has 0 nitrogen and oxygen atoms in total. The Bertz CT molecular complexity index is 190. The molecule has 0 amide bonds. The van der Waals surface area contributed by atoms with Crippen LogP contribution in [0.25, 0.3) is 0 Å². The third kappa shape index (κ3) is 1.17. The largest absolute Gasteiger partial charge is 0.0651 e. The zero-order valence-corrected chi connectivity index (χ0v) is 9.75. The maximum Gasteiger partial charge on any atom is -0.0316 e. The highest BCUT2D eigenvalue weighted by molar-refractivity contribution is 5.14. The Labute approximate surface area is 83.1 Å². The van der Waals surface area contributed by atoms with Crippen molar-refractivity contribution in [3.05, 3.63) is 0 Å². The molecular weight excluding hydrogens is 156 g/mol. The molecule has 2 fully saturated rings. The summed E-state index contributed by atoms with van der Waals surface area (Å²) in [6.45, 7) is 12.1. The summed E-state index contributed by atoms with van der Waals surface area (Å²) >= 11 is 0. The van der Waals surface area contributed by atoms with Gasteiger partial charge in [0.2, 0.25) is 0 Å². The molecule has 0 heteroatoms. The lowest BCUT2D eigenvalue weighted by molar-refractivity contribution is 0.0833. The molecule has 2 rings (SSSR count). The molecule has 0 heterocycles. The van der Waals surface area contributed by atoms with Gasteiger partial charge in [0.25, 0.3) is 0 Å². The Kier molecular flexibility index (Phi) is 2.20. The summed E-state index contributed by atoms with van der Waals surface area (Å²) in [4.78, 5) is 0. The third-order valence-electron chi connectivity index (χ3n) is 5.08. The van der Waals surface area contributed by atoms with Gasteiger partial charge in [0.05, 0.1) is 0 Å². The molecule has 76 valence electrons. The van der Waals surface area contributed by atoms with E-state index >= 15 is 0 Å². The lowest BCUT2D eigenvalue weighted by Crippen LogP contribution is -2.34. The van der Waals surface area contributed by atoms with Crippen molar-refractivity contribution >= 4 is 0 Å². The maximum atomic E-state index is 2.49. The molecule has 0 bridgehead atoms. The first-order valence-corrected chi connectivity index (χ1v) is 6.09. The summed E-state index contributed by atoms with van der Waals surface area (Å²) in [7, 11) is 0. The number of hydrogen-bond acceptors (Lipinski definition) is 0. The van der Waals surface area contributed by atoms with Crippen LogP contribution < -0.4 is 0 Å². The van der Waals surface area contributed by atoms with E-state index in [1.54, 1.807) is 0 Å². The maximum absolute atomic E-state index is 2.49. The topological polar surface area (TPSA) is 0 Å². The fraction of sp³-hybridized carbons (Fsp3) is 1.00. The summed E-state index contributed by atoms with van der Waals surface area (Å²) in [6, 6.07) is 0. The third-order valence-corrected chi connectivity index (χ3v) is 5.08. The normalized spacial score (nSPS) is 49.8. The van der Waals surface area contributed by atoms with E-state index in [0.717, 1.165) is 41.4 Å². The molecule has 2 aliphatic rings. The molecule has 0 spiro atoms. The van der Waals surface area contributed by atoms with Gasteiger partial charge in [0.15, 0.2) is 0 Å². The molecule has 0 radical (unpaired) electrons. The first-order chi connectivity index (χ1) is 6.09. The van der Waals surface area contributed by atoms with Gasteiger partial charge in [0, 0.05) is 0 Å². The van der Waals surface area contributed by atoms with Crippen LogP contribution in [-0.2, 0) is 0 Å². The van der Waals surface area contributed by atoms with E-state index in [-0.39, 0.29) is 0 Å². The Morgan fingerprint density at radius 3 is 2.08 bits per heavy atom. The summed E-state index contributed by atoms with van der Waals surface area (Å²) in [5.74, 6) is 7.32. The van der Waals surface area contributed by atoms with E-state index in [9.17, 15) is 0 Å². The van der Waals surface area contributed by atoms with Crippen LogP contribution in [0.15, 0.2) is 0 Å². The minimum absolute atomic E-state index is 0.881. The van der Waals surface area contributed by atoms with Crippen LogP contribution in [0.3, 0.4) is 0 Å². The molecule has 13 heavy (non-hydrogen) atoms. The van der Waals surface area contributed by atoms with Crippen molar-refractivity contribution in [1.29, 1.82) is 0 Å². The van der Waals surface area contributed by atoms with Gasteiger partial charge >= 0.3 is 0 Å². The Balaban J connectivity index is 1.96. The predicted octanol–water partition coefficient (Wildman–Crippen LogP) is 3.82. The Hall–Kier alpha value is 0. The van der Waals surface area contributed by atoms with Crippen molar-refractivity contribution in [3.8, 4) is 0 Å². The van der Waals surface area contributed by atoms with Gasteiger partial charge in [-0.15, -0.1) is 0 Å². The molecule has 6 unspecified atom stereocenters. The van der Waals surface area contributed by atoms with Crippen LogP contribution >= 0.6 is 0 Å². The SMILES string of the molecule is CCC1C2C(C)C(C(C)C(C)C)C12. The van der Waals surface area contributed by atoms with E-state index in [1.165, 1.54) is 6.42 Å². The van der Waals surface area contributed by atoms with Crippen molar-refractivity contribution in [2.45, 2.75) is 41.0 Å². The average molecular weight is 180 g/mol. The van der Waals surface area contributed by atoms with Crippen LogP contribution in [0.4, 0.5) is 0 Å². The molecule has 2 aliphatic carbocycles. The average Bonchev–Trinajstić information content (AvgIpc) is 2.73. The highest BCUT2D eigenvalue weighted by Crippen LogP contribution is 2.71. The van der Waals surface area contributed by atoms with Crippen LogP contribution in [-0.4, -0.2) is 0 Å². The van der Waals surface area contributed by atoms with Crippen molar-refractivity contribution in [2.24, 2.45) is 41.4 Å². The van der Waals surface area contributed by atoms with Gasteiger partial charge in [-0.25, -0.2) is 0 Å². The van der Waals surface area contributed by atoms with E-state index < -0.39 is 0 Å². The first-order valence-electron chi connectivity index (χ1n) is 6.09. The fourth-order valence-corrected chi connectivity index (χ4v) is 3.99. The first kappa shape index (κ1) is 9.55. The highest BCUT2D eigenvalue weighted by Gasteiger charge is 2.67. The quantitative estimate of drug-likeness (QED) is 0.619. The predicted molar refractivity (Wildman–Crippen MR) is 57.4 cm³/mol. The second-order valence-corrected chi connectivity index (χ2v) is 5.77. The van der Waals surface area contributed by atoms with E-state index in [2.05, 4.69) is 34.6 Å². The molecule has 0 aromatic carbocycles. The molecule has 0 aromatic rings. The van der Waals surface area contributed by atoms with Crippen molar-refractivity contribution < 1.29 is 0 Å². The van der Waals surface area contributed by atoms with Gasteiger partial charge in [0.1, 0.15) is 0 Å². The molecule has 0 N–H and O–H groups in total. The van der Waals surface area contributed by atoms with Gasteiger partial charge in [-0.3, -0.25) is 0 Å². The molecule has 0 aromatic heterocycles. The van der Waals surface area contributed by atoms with E-state index in [1.807, 2.05) is 0 Å². The molecule has 6 atom stereocenters. The van der Waals surface area contributed by atoms with Crippen molar-refractivity contribution in [3.63, 3.8) is 0 Å². The van der Waals surface area contributed by atoms with Gasteiger partial charge in [-0.1, -0.05) is 41.0 Å². The Morgan fingerprint density at radius 2 is 1.69 bits per heavy atom. The van der Waals surface area contributed by atoms with Crippen molar-refractivity contribution in [1.82, 2.24) is 0 Å². The fourth-order valence-electron chi connectivity index (χ4n) is 3.99. The number of rotatable bonds is 3.